The molecule has 1 nitrogen and oxygen atoms in total. The molecule has 2 atom stereocenters. The lowest BCUT2D eigenvalue weighted by atomic mass is 9.56. The van der Waals surface area contributed by atoms with Crippen LogP contribution >= 0.6 is 0 Å². The highest BCUT2D eigenvalue weighted by atomic mass is 15.0. The third-order valence-corrected chi connectivity index (χ3v) is 5.68. The van der Waals surface area contributed by atoms with Crippen molar-refractivity contribution in [2.24, 2.45) is 23.2 Å². The molecule has 0 aromatic carbocycles. The first kappa shape index (κ1) is 16.0. The molecular formula is C17H35N. The fraction of sp³-hybridized carbons (Fsp3) is 1.00. The molecule has 0 aromatic heterocycles. The van der Waals surface area contributed by atoms with Gasteiger partial charge < -0.3 is 5.32 Å². The summed E-state index contributed by atoms with van der Waals surface area (Å²) in [5.74, 6) is 2.62. The Hall–Kier alpha value is -0.0400. The van der Waals surface area contributed by atoms with Crippen LogP contribution in [0.4, 0.5) is 0 Å². The second-order valence-electron chi connectivity index (χ2n) is 7.79. The molecule has 18 heavy (non-hydrogen) atoms. The van der Waals surface area contributed by atoms with Crippen LogP contribution in [0, 0.1) is 23.2 Å². The monoisotopic (exact) mass is 253 g/mol. The second-order valence-corrected chi connectivity index (χ2v) is 7.79. The van der Waals surface area contributed by atoms with E-state index in [-0.39, 0.29) is 0 Å². The molecule has 0 aliphatic heterocycles. The molecule has 0 heterocycles. The van der Waals surface area contributed by atoms with E-state index in [4.69, 9.17) is 0 Å². The minimum atomic E-state index is 0.417. The van der Waals surface area contributed by atoms with Crippen molar-refractivity contribution in [2.75, 3.05) is 7.05 Å². The summed E-state index contributed by atoms with van der Waals surface area (Å²) in [5, 5.41) is 3.48. The van der Waals surface area contributed by atoms with E-state index in [0.717, 1.165) is 17.8 Å². The maximum absolute atomic E-state index is 3.48. The van der Waals surface area contributed by atoms with Gasteiger partial charge in [-0.05, 0) is 62.8 Å². The van der Waals surface area contributed by atoms with Crippen LogP contribution < -0.4 is 5.32 Å². The van der Waals surface area contributed by atoms with Crippen LogP contribution in [0.1, 0.15) is 73.6 Å². The van der Waals surface area contributed by atoms with E-state index in [1.54, 1.807) is 0 Å². The molecule has 108 valence electrons. The minimum Gasteiger partial charge on any atom is -0.314 e. The maximum atomic E-state index is 3.48. The van der Waals surface area contributed by atoms with Crippen molar-refractivity contribution in [3.8, 4) is 0 Å². The van der Waals surface area contributed by atoms with Crippen molar-refractivity contribution in [1.82, 2.24) is 5.32 Å². The van der Waals surface area contributed by atoms with Gasteiger partial charge in [0.2, 0.25) is 0 Å². The zero-order valence-electron chi connectivity index (χ0n) is 13.8. The molecule has 1 rings (SSSR count). The summed E-state index contributed by atoms with van der Waals surface area (Å²) in [6.07, 6.45) is 6.89. The highest BCUT2D eigenvalue weighted by Gasteiger charge is 2.47. The first-order valence-electron chi connectivity index (χ1n) is 7.94. The van der Waals surface area contributed by atoms with Crippen molar-refractivity contribution in [3.05, 3.63) is 0 Å². The first-order chi connectivity index (χ1) is 8.25. The standard InChI is InChI=1S/C17H35N/c1-8-15(14(4)13(2)3)9-10-16(5)11-17(6,12-16)18-7/h13-15,18H,8-12H2,1-7H3. The van der Waals surface area contributed by atoms with Gasteiger partial charge in [0.05, 0.1) is 0 Å². The molecule has 1 fully saturated rings. The Morgan fingerprint density at radius 1 is 1.11 bits per heavy atom. The van der Waals surface area contributed by atoms with Gasteiger partial charge in [-0.1, -0.05) is 41.0 Å². The average Bonchev–Trinajstić information content (AvgIpc) is 2.27. The lowest BCUT2D eigenvalue weighted by molar-refractivity contribution is 0.0179. The fourth-order valence-corrected chi connectivity index (χ4v) is 4.10. The molecule has 0 saturated heterocycles. The predicted molar refractivity (Wildman–Crippen MR) is 81.8 cm³/mol. The Morgan fingerprint density at radius 2 is 1.67 bits per heavy atom. The molecule has 0 aromatic rings. The van der Waals surface area contributed by atoms with Gasteiger partial charge in [0, 0.05) is 5.54 Å². The van der Waals surface area contributed by atoms with Crippen molar-refractivity contribution in [3.63, 3.8) is 0 Å². The molecular weight excluding hydrogens is 218 g/mol. The molecule has 1 N–H and O–H groups in total. The zero-order chi connectivity index (χ0) is 14.0. The first-order valence-corrected chi connectivity index (χ1v) is 7.94. The molecule has 2 unspecified atom stereocenters. The third-order valence-electron chi connectivity index (χ3n) is 5.68. The third kappa shape index (κ3) is 3.73. The summed E-state index contributed by atoms with van der Waals surface area (Å²) < 4.78 is 0. The summed E-state index contributed by atoms with van der Waals surface area (Å²) in [7, 11) is 2.11. The molecule has 0 amide bonds. The topological polar surface area (TPSA) is 12.0 Å². The van der Waals surface area contributed by atoms with Crippen molar-refractivity contribution >= 4 is 0 Å². The van der Waals surface area contributed by atoms with E-state index in [1.165, 1.54) is 32.1 Å². The van der Waals surface area contributed by atoms with Crippen LogP contribution in [0.3, 0.4) is 0 Å². The number of hydrogen-bond acceptors (Lipinski definition) is 1. The molecule has 1 aliphatic carbocycles. The van der Waals surface area contributed by atoms with Gasteiger partial charge in [0.15, 0.2) is 0 Å². The average molecular weight is 253 g/mol. The quantitative estimate of drug-likeness (QED) is 0.683. The predicted octanol–water partition coefficient (Wildman–Crippen LogP) is 4.86. The van der Waals surface area contributed by atoms with Crippen molar-refractivity contribution in [2.45, 2.75) is 79.2 Å². The Kier molecular flexibility index (Phi) is 5.29. The summed E-state index contributed by atoms with van der Waals surface area (Å²) in [5.41, 5.74) is 1.02. The van der Waals surface area contributed by atoms with Gasteiger partial charge in [0.1, 0.15) is 0 Å². The van der Waals surface area contributed by atoms with Crippen LogP contribution in [-0.2, 0) is 0 Å². The van der Waals surface area contributed by atoms with Crippen LogP contribution in [0.15, 0.2) is 0 Å². The molecule has 0 radical (unpaired) electrons. The fourth-order valence-electron chi connectivity index (χ4n) is 4.10. The van der Waals surface area contributed by atoms with E-state index in [2.05, 4.69) is 53.9 Å². The van der Waals surface area contributed by atoms with Crippen LogP contribution in [0.5, 0.6) is 0 Å². The Bertz CT molecular complexity index is 250. The molecule has 0 spiro atoms. The molecule has 0 bridgehead atoms. The Labute approximate surface area is 115 Å². The van der Waals surface area contributed by atoms with Gasteiger partial charge in [0.25, 0.3) is 0 Å². The highest BCUT2D eigenvalue weighted by Crippen LogP contribution is 2.51. The van der Waals surface area contributed by atoms with E-state index >= 15 is 0 Å². The largest absolute Gasteiger partial charge is 0.314 e. The van der Waals surface area contributed by atoms with E-state index in [1.807, 2.05) is 0 Å². The Balaban J connectivity index is 2.41. The van der Waals surface area contributed by atoms with Gasteiger partial charge in [-0.3, -0.25) is 0 Å². The molecule has 1 saturated carbocycles. The smallest absolute Gasteiger partial charge is 0.0160 e. The number of rotatable bonds is 7. The summed E-state index contributed by atoms with van der Waals surface area (Å²) in [4.78, 5) is 0. The van der Waals surface area contributed by atoms with Crippen LogP contribution in [0.25, 0.3) is 0 Å². The van der Waals surface area contributed by atoms with Gasteiger partial charge >= 0.3 is 0 Å². The van der Waals surface area contributed by atoms with Gasteiger partial charge in [-0.25, -0.2) is 0 Å². The van der Waals surface area contributed by atoms with E-state index < -0.39 is 0 Å². The SMILES string of the molecule is CCC(CCC1(C)CC(C)(NC)C1)C(C)C(C)C. The van der Waals surface area contributed by atoms with Gasteiger partial charge in [-0.2, -0.15) is 0 Å². The summed E-state index contributed by atoms with van der Waals surface area (Å²) in [6.45, 7) is 14.4. The zero-order valence-corrected chi connectivity index (χ0v) is 13.8. The molecule has 1 heteroatoms. The normalized spacial score (nSPS) is 35.3. The Morgan fingerprint density at radius 3 is 2.06 bits per heavy atom. The van der Waals surface area contributed by atoms with Crippen LogP contribution in [-0.4, -0.2) is 12.6 Å². The van der Waals surface area contributed by atoms with Crippen LogP contribution in [0.2, 0.25) is 0 Å². The highest BCUT2D eigenvalue weighted by molar-refractivity contribution is 5.03. The number of hydrogen-bond donors (Lipinski definition) is 1. The lowest BCUT2D eigenvalue weighted by Crippen LogP contribution is -2.56. The number of nitrogens with one attached hydrogen (secondary N) is 1. The van der Waals surface area contributed by atoms with Crippen molar-refractivity contribution in [1.29, 1.82) is 0 Å². The summed E-state index contributed by atoms with van der Waals surface area (Å²) in [6, 6.07) is 0. The van der Waals surface area contributed by atoms with Gasteiger partial charge in [-0.15, -0.1) is 0 Å². The minimum absolute atomic E-state index is 0.417. The van der Waals surface area contributed by atoms with E-state index in [9.17, 15) is 0 Å². The lowest BCUT2D eigenvalue weighted by Gasteiger charge is -2.54. The van der Waals surface area contributed by atoms with E-state index in [0.29, 0.717) is 11.0 Å². The summed E-state index contributed by atoms with van der Waals surface area (Å²) >= 11 is 0. The maximum Gasteiger partial charge on any atom is 0.0160 e. The molecule has 1 aliphatic rings. The van der Waals surface area contributed by atoms with Crippen molar-refractivity contribution < 1.29 is 0 Å². The second kappa shape index (κ2) is 5.94.